The van der Waals surface area contributed by atoms with Gasteiger partial charge in [-0.25, -0.2) is 4.99 Å². The van der Waals surface area contributed by atoms with E-state index in [1.807, 2.05) is 0 Å². The van der Waals surface area contributed by atoms with Gasteiger partial charge in [0.05, 0.1) is 13.2 Å². The van der Waals surface area contributed by atoms with Gasteiger partial charge in [-0.1, -0.05) is 26.0 Å². The van der Waals surface area contributed by atoms with E-state index in [0.717, 1.165) is 50.0 Å². The third-order valence-corrected chi connectivity index (χ3v) is 4.23. The molecule has 1 rings (SSSR count). The highest BCUT2D eigenvalue weighted by molar-refractivity contribution is 5.79. The lowest BCUT2D eigenvalue weighted by atomic mass is 10.1. The number of hydrogen-bond acceptors (Lipinski definition) is 4. The molecule has 1 aromatic rings. The lowest BCUT2D eigenvalue weighted by Crippen LogP contribution is -2.41. The van der Waals surface area contributed by atoms with Crippen LogP contribution in [0.15, 0.2) is 23.2 Å². The Labute approximate surface area is 165 Å². The maximum Gasteiger partial charge on any atom is 0.191 e. The first-order valence-electron chi connectivity index (χ1n) is 10.1. The summed E-state index contributed by atoms with van der Waals surface area (Å²) < 4.78 is 10.9. The minimum atomic E-state index is 0.541. The molecule has 0 spiro atoms. The molecular weight excluding hydrogens is 340 g/mol. The van der Waals surface area contributed by atoms with Gasteiger partial charge in [0.25, 0.3) is 0 Å². The molecule has 0 aliphatic carbocycles. The number of rotatable bonds is 13. The summed E-state index contributed by atoms with van der Waals surface area (Å²) in [6.07, 6.45) is 1.18. The monoisotopic (exact) mass is 378 g/mol. The minimum Gasteiger partial charge on any atom is -0.491 e. The molecule has 154 valence electrons. The van der Waals surface area contributed by atoms with Gasteiger partial charge < -0.3 is 25.0 Å². The Kier molecular flexibility index (Phi) is 12.3. The first kappa shape index (κ1) is 23.2. The Hall–Kier alpha value is -1.79. The van der Waals surface area contributed by atoms with Crippen LogP contribution in [0.2, 0.25) is 0 Å². The van der Waals surface area contributed by atoms with Crippen molar-refractivity contribution < 1.29 is 9.47 Å². The molecule has 1 aromatic carbocycles. The Morgan fingerprint density at radius 1 is 1.11 bits per heavy atom. The van der Waals surface area contributed by atoms with Crippen molar-refractivity contribution in [3.63, 3.8) is 0 Å². The van der Waals surface area contributed by atoms with E-state index in [4.69, 9.17) is 14.5 Å². The molecule has 0 aliphatic heterocycles. The van der Waals surface area contributed by atoms with Crippen molar-refractivity contribution in [1.82, 2.24) is 15.5 Å². The molecule has 0 unspecified atom stereocenters. The van der Waals surface area contributed by atoms with Crippen molar-refractivity contribution in [3.8, 4) is 5.75 Å². The maximum absolute atomic E-state index is 5.86. The summed E-state index contributed by atoms with van der Waals surface area (Å²) in [5.41, 5.74) is 2.26. The second kappa shape index (κ2) is 14.3. The summed E-state index contributed by atoms with van der Waals surface area (Å²) in [7, 11) is 1.68. The van der Waals surface area contributed by atoms with Crippen molar-refractivity contribution >= 4 is 5.96 Å². The van der Waals surface area contributed by atoms with Crippen LogP contribution in [0.4, 0.5) is 0 Å². The quantitative estimate of drug-likeness (QED) is 0.314. The molecule has 0 aliphatic rings. The van der Waals surface area contributed by atoms with Gasteiger partial charge >= 0.3 is 0 Å². The number of hydrogen-bond donors (Lipinski definition) is 2. The zero-order chi connectivity index (χ0) is 19.9. The van der Waals surface area contributed by atoms with E-state index in [2.05, 4.69) is 61.4 Å². The average Bonchev–Trinajstić information content (AvgIpc) is 2.66. The van der Waals surface area contributed by atoms with Crippen LogP contribution >= 0.6 is 0 Å². The molecule has 0 heterocycles. The van der Waals surface area contributed by atoms with Gasteiger partial charge in [0.2, 0.25) is 0 Å². The average molecular weight is 379 g/mol. The summed E-state index contributed by atoms with van der Waals surface area (Å²) in [5.74, 6) is 1.72. The number of aliphatic imine (C=N–C) groups is 1. The van der Waals surface area contributed by atoms with E-state index < -0.39 is 0 Å². The van der Waals surface area contributed by atoms with Crippen molar-refractivity contribution in [2.45, 2.75) is 40.7 Å². The molecule has 0 saturated carbocycles. The Morgan fingerprint density at radius 3 is 2.59 bits per heavy atom. The van der Waals surface area contributed by atoms with Crippen molar-refractivity contribution in [1.29, 1.82) is 0 Å². The number of likely N-dealkylation sites (N-methyl/N-ethyl adjacent to an activating group) is 1. The van der Waals surface area contributed by atoms with E-state index in [1.54, 1.807) is 7.11 Å². The largest absolute Gasteiger partial charge is 0.491 e. The third kappa shape index (κ3) is 9.63. The fourth-order valence-electron chi connectivity index (χ4n) is 2.74. The summed E-state index contributed by atoms with van der Waals surface area (Å²) in [5, 5.41) is 6.75. The van der Waals surface area contributed by atoms with E-state index in [0.29, 0.717) is 19.8 Å². The van der Waals surface area contributed by atoms with Crippen LogP contribution in [0.25, 0.3) is 0 Å². The number of methoxy groups -OCH3 is 1. The van der Waals surface area contributed by atoms with E-state index in [1.165, 1.54) is 12.0 Å². The van der Waals surface area contributed by atoms with Gasteiger partial charge in [-0.3, -0.25) is 0 Å². The Balaban J connectivity index is 2.68. The SMILES string of the molecule is CCCN(CC)CCNC(=NCc1ccc(C)cc1OCCOC)NCC. The number of guanidine groups is 1. The fourth-order valence-corrected chi connectivity index (χ4v) is 2.74. The van der Waals surface area contributed by atoms with E-state index in [9.17, 15) is 0 Å². The fraction of sp³-hybridized carbons (Fsp3) is 0.667. The summed E-state index contributed by atoms with van der Waals surface area (Å²) in [6.45, 7) is 15.2. The van der Waals surface area contributed by atoms with E-state index in [-0.39, 0.29) is 0 Å². The second-order valence-electron chi connectivity index (χ2n) is 6.51. The van der Waals surface area contributed by atoms with Gasteiger partial charge in [-0.15, -0.1) is 0 Å². The van der Waals surface area contributed by atoms with Gasteiger partial charge in [0, 0.05) is 32.3 Å². The van der Waals surface area contributed by atoms with Crippen molar-refractivity contribution in [2.24, 2.45) is 4.99 Å². The van der Waals surface area contributed by atoms with Crippen LogP contribution in [0.3, 0.4) is 0 Å². The zero-order valence-corrected chi connectivity index (χ0v) is 17.8. The smallest absolute Gasteiger partial charge is 0.191 e. The molecular formula is C21H38N4O2. The Bertz CT molecular complexity index is 549. The first-order chi connectivity index (χ1) is 13.1. The topological polar surface area (TPSA) is 58.1 Å². The van der Waals surface area contributed by atoms with E-state index >= 15 is 0 Å². The lowest BCUT2D eigenvalue weighted by molar-refractivity contribution is 0.145. The molecule has 0 amide bonds. The van der Waals surface area contributed by atoms with Gasteiger partial charge in [0.1, 0.15) is 12.4 Å². The number of ether oxygens (including phenoxy) is 2. The molecule has 0 saturated heterocycles. The number of nitrogens with zero attached hydrogens (tertiary/aromatic N) is 2. The molecule has 0 bridgehead atoms. The van der Waals surface area contributed by atoms with Crippen LogP contribution in [-0.2, 0) is 11.3 Å². The van der Waals surface area contributed by atoms with Gasteiger partial charge in [0.15, 0.2) is 5.96 Å². The maximum atomic E-state index is 5.86. The molecule has 6 heteroatoms. The van der Waals surface area contributed by atoms with Gasteiger partial charge in [-0.05, 0) is 45.0 Å². The minimum absolute atomic E-state index is 0.541. The number of nitrogens with one attached hydrogen (secondary N) is 2. The molecule has 2 N–H and O–H groups in total. The van der Waals surface area contributed by atoms with Crippen LogP contribution < -0.4 is 15.4 Å². The molecule has 27 heavy (non-hydrogen) atoms. The van der Waals surface area contributed by atoms with Crippen molar-refractivity contribution in [3.05, 3.63) is 29.3 Å². The van der Waals surface area contributed by atoms with Crippen LogP contribution in [-0.4, -0.2) is 63.9 Å². The van der Waals surface area contributed by atoms with Crippen LogP contribution in [0.5, 0.6) is 5.75 Å². The first-order valence-corrected chi connectivity index (χ1v) is 10.1. The number of benzene rings is 1. The molecule has 0 radical (unpaired) electrons. The highest BCUT2D eigenvalue weighted by Gasteiger charge is 2.06. The predicted molar refractivity (Wildman–Crippen MR) is 114 cm³/mol. The summed E-state index contributed by atoms with van der Waals surface area (Å²) >= 11 is 0. The van der Waals surface area contributed by atoms with Crippen LogP contribution in [0.1, 0.15) is 38.3 Å². The Morgan fingerprint density at radius 2 is 1.93 bits per heavy atom. The lowest BCUT2D eigenvalue weighted by Gasteiger charge is -2.20. The predicted octanol–water partition coefficient (Wildman–Crippen LogP) is 2.81. The molecule has 6 nitrogen and oxygen atoms in total. The normalized spacial score (nSPS) is 11.7. The van der Waals surface area contributed by atoms with Crippen LogP contribution in [0, 0.1) is 6.92 Å². The third-order valence-electron chi connectivity index (χ3n) is 4.23. The highest BCUT2D eigenvalue weighted by atomic mass is 16.5. The highest BCUT2D eigenvalue weighted by Crippen LogP contribution is 2.21. The molecule has 0 fully saturated rings. The van der Waals surface area contributed by atoms with Crippen molar-refractivity contribution in [2.75, 3.05) is 53.0 Å². The molecule has 0 atom stereocenters. The zero-order valence-electron chi connectivity index (χ0n) is 17.8. The second-order valence-corrected chi connectivity index (χ2v) is 6.51. The summed E-state index contributed by atoms with van der Waals surface area (Å²) in [4.78, 5) is 7.18. The molecule has 0 aromatic heterocycles. The standard InChI is InChI=1S/C21H38N4O2/c1-6-12-25(8-3)13-11-23-21(22-7-2)24-17-19-10-9-18(4)16-20(19)27-15-14-26-5/h9-10,16H,6-8,11-15,17H2,1-5H3,(H2,22,23,24). The van der Waals surface area contributed by atoms with Gasteiger partial charge in [-0.2, -0.15) is 0 Å². The summed E-state index contributed by atoms with van der Waals surface area (Å²) in [6, 6.07) is 6.24. The number of aryl methyl sites for hydroxylation is 1.